The highest BCUT2D eigenvalue weighted by Crippen LogP contribution is 2.51. The van der Waals surface area contributed by atoms with Crippen LogP contribution in [0, 0.1) is 0 Å². The Balaban J connectivity index is 1.28. The van der Waals surface area contributed by atoms with Crippen LogP contribution in [0.2, 0.25) is 0 Å². The van der Waals surface area contributed by atoms with Gasteiger partial charge in [0.1, 0.15) is 0 Å². The summed E-state index contributed by atoms with van der Waals surface area (Å²) in [7, 11) is 0. The summed E-state index contributed by atoms with van der Waals surface area (Å²) in [5.41, 5.74) is 13.8. The number of allylic oxidation sites excluding steroid dienone is 8. The molecule has 0 aliphatic heterocycles. The Kier molecular flexibility index (Phi) is 5.49. The molecule has 4 aromatic carbocycles. The van der Waals surface area contributed by atoms with Gasteiger partial charge in [-0.2, -0.15) is 0 Å². The summed E-state index contributed by atoms with van der Waals surface area (Å²) >= 11 is 0. The first-order valence-corrected chi connectivity index (χ1v) is 15.8. The van der Waals surface area contributed by atoms with Crippen molar-refractivity contribution in [1.29, 1.82) is 0 Å². The number of nitrogens with zero attached hydrogens (tertiary/aromatic N) is 3. The van der Waals surface area contributed by atoms with Crippen molar-refractivity contribution in [2.24, 2.45) is 0 Å². The van der Waals surface area contributed by atoms with Crippen LogP contribution in [-0.2, 0) is 5.41 Å². The summed E-state index contributed by atoms with van der Waals surface area (Å²) in [6.07, 6.45) is 15.6. The van der Waals surface area contributed by atoms with Crippen molar-refractivity contribution in [2.75, 3.05) is 0 Å². The quantitative estimate of drug-likeness (QED) is 0.213. The largest absolute Gasteiger partial charge is 0.278 e. The van der Waals surface area contributed by atoms with Gasteiger partial charge in [0.15, 0.2) is 0 Å². The summed E-state index contributed by atoms with van der Waals surface area (Å²) in [6.45, 7) is 4.69. The average Bonchev–Trinajstić information content (AvgIpc) is 3.52. The molecule has 0 atom stereocenters. The lowest BCUT2D eigenvalue weighted by molar-refractivity contribution is 0.661. The molecule has 3 aliphatic rings. The fourth-order valence-electron chi connectivity index (χ4n) is 7.76. The highest BCUT2D eigenvalue weighted by molar-refractivity contribution is 6.11. The number of hydrogen-bond acceptors (Lipinski definition) is 2. The van der Waals surface area contributed by atoms with Crippen LogP contribution in [0.4, 0.5) is 0 Å². The monoisotopic (exact) mass is 567 g/mol. The lowest BCUT2D eigenvalue weighted by atomic mass is 9.82. The molecule has 44 heavy (non-hydrogen) atoms. The Bertz CT molecular complexity index is 2300. The lowest BCUT2D eigenvalue weighted by Crippen LogP contribution is -2.15. The van der Waals surface area contributed by atoms with Crippen molar-refractivity contribution in [3.05, 3.63) is 143 Å². The summed E-state index contributed by atoms with van der Waals surface area (Å²) in [5, 5.41) is 3.58. The van der Waals surface area contributed by atoms with Gasteiger partial charge in [0.25, 0.3) is 0 Å². The SMILES string of the molecule is CC1(C)c2ccccc2-c2cc3c4ccccc4n(-c4nc(C5=CC=C(C6=CC=CCC6)CC5)c5ccccc5n4)c3cc21. The number of rotatable bonds is 3. The van der Waals surface area contributed by atoms with Crippen LogP contribution in [0.3, 0.4) is 0 Å². The third kappa shape index (κ3) is 3.68. The molecule has 6 aromatic rings. The molecule has 2 aromatic heterocycles. The van der Waals surface area contributed by atoms with Crippen molar-refractivity contribution >= 4 is 38.3 Å². The van der Waals surface area contributed by atoms with Gasteiger partial charge in [-0.15, -0.1) is 0 Å². The molecule has 0 saturated carbocycles. The fraction of sp³-hybridized carbons (Fsp3) is 0.171. The van der Waals surface area contributed by atoms with Crippen molar-refractivity contribution in [1.82, 2.24) is 14.5 Å². The van der Waals surface area contributed by atoms with Crippen molar-refractivity contribution in [3.8, 4) is 17.1 Å². The summed E-state index contributed by atoms with van der Waals surface area (Å²) in [5.74, 6) is 0.731. The van der Waals surface area contributed by atoms with E-state index in [0.717, 1.165) is 59.3 Å². The molecule has 3 nitrogen and oxygen atoms in total. The average molecular weight is 568 g/mol. The number of para-hydroxylation sites is 2. The van der Waals surface area contributed by atoms with Gasteiger partial charge < -0.3 is 0 Å². The van der Waals surface area contributed by atoms with E-state index in [1.165, 1.54) is 49.7 Å². The zero-order chi connectivity index (χ0) is 29.4. The molecule has 0 N–H and O–H groups in total. The minimum absolute atomic E-state index is 0.0860. The zero-order valence-electron chi connectivity index (χ0n) is 25.1. The maximum atomic E-state index is 5.40. The minimum atomic E-state index is -0.0860. The van der Waals surface area contributed by atoms with Crippen LogP contribution < -0.4 is 0 Å². The number of benzene rings is 4. The van der Waals surface area contributed by atoms with Gasteiger partial charge in [0.2, 0.25) is 5.95 Å². The molecule has 0 amide bonds. The van der Waals surface area contributed by atoms with Crippen LogP contribution in [-0.4, -0.2) is 14.5 Å². The van der Waals surface area contributed by atoms with Crippen LogP contribution >= 0.6 is 0 Å². The first-order valence-electron chi connectivity index (χ1n) is 15.8. The molecule has 0 spiro atoms. The highest BCUT2D eigenvalue weighted by atomic mass is 15.2. The van der Waals surface area contributed by atoms with Crippen LogP contribution in [0.1, 0.15) is 56.4 Å². The third-order valence-electron chi connectivity index (χ3n) is 10.0. The van der Waals surface area contributed by atoms with E-state index in [2.05, 4.69) is 134 Å². The van der Waals surface area contributed by atoms with E-state index in [1.807, 2.05) is 0 Å². The van der Waals surface area contributed by atoms with Gasteiger partial charge in [-0.1, -0.05) is 105 Å². The van der Waals surface area contributed by atoms with E-state index >= 15 is 0 Å². The molecule has 9 rings (SSSR count). The van der Waals surface area contributed by atoms with E-state index in [4.69, 9.17) is 9.97 Å². The van der Waals surface area contributed by atoms with Crippen LogP contribution in [0.25, 0.3) is 55.4 Å². The zero-order valence-corrected chi connectivity index (χ0v) is 25.1. The van der Waals surface area contributed by atoms with Gasteiger partial charge in [0, 0.05) is 21.6 Å². The van der Waals surface area contributed by atoms with Gasteiger partial charge >= 0.3 is 0 Å². The van der Waals surface area contributed by atoms with Gasteiger partial charge in [-0.25, -0.2) is 9.97 Å². The molecule has 0 saturated heterocycles. The minimum Gasteiger partial charge on any atom is -0.278 e. The summed E-state index contributed by atoms with van der Waals surface area (Å²) < 4.78 is 2.30. The molecule has 3 heteroatoms. The first kappa shape index (κ1) is 25.5. The van der Waals surface area contributed by atoms with E-state index in [9.17, 15) is 0 Å². The predicted molar refractivity (Wildman–Crippen MR) is 183 cm³/mol. The van der Waals surface area contributed by atoms with Crippen LogP contribution in [0.15, 0.2) is 126 Å². The van der Waals surface area contributed by atoms with Gasteiger partial charge in [-0.3, -0.25) is 4.57 Å². The van der Waals surface area contributed by atoms with Crippen molar-refractivity contribution < 1.29 is 0 Å². The summed E-state index contributed by atoms with van der Waals surface area (Å²) in [6, 6.07) is 30.9. The molecule has 0 radical (unpaired) electrons. The molecular weight excluding hydrogens is 534 g/mol. The first-order chi connectivity index (χ1) is 21.6. The fourth-order valence-corrected chi connectivity index (χ4v) is 7.76. The van der Waals surface area contributed by atoms with Gasteiger partial charge in [0.05, 0.1) is 22.2 Å². The molecule has 2 heterocycles. The predicted octanol–water partition coefficient (Wildman–Crippen LogP) is 10.4. The topological polar surface area (TPSA) is 30.7 Å². The Labute approximate surface area is 257 Å². The maximum Gasteiger partial charge on any atom is 0.235 e. The van der Waals surface area contributed by atoms with Gasteiger partial charge in [-0.05, 0) is 88.9 Å². The van der Waals surface area contributed by atoms with Crippen molar-refractivity contribution in [2.45, 2.75) is 44.9 Å². The second-order valence-corrected chi connectivity index (χ2v) is 12.9. The van der Waals surface area contributed by atoms with E-state index < -0.39 is 0 Å². The Morgan fingerprint density at radius 2 is 1.36 bits per heavy atom. The number of hydrogen-bond donors (Lipinski definition) is 0. The second-order valence-electron chi connectivity index (χ2n) is 12.9. The second kappa shape index (κ2) is 9.49. The van der Waals surface area contributed by atoms with Crippen molar-refractivity contribution in [3.63, 3.8) is 0 Å². The van der Waals surface area contributed by atoms with E-state index in [0.29, 0.717) is 0 Å². The Hall–Kier alpha value is -5.02. The standard InChI is InChI=1S/C41H33N3/c1-41(2)34-17-9-6-14-29(34)32-24-33-30-15-8-11-19-37(30)44(38(33)25-35(32)41)40-42-36-18-10-7-16-31(36)39(43-40)28-22-20-27(21-23-28)26-12-4-3-5-13-26/h3-4,6-12,14-20,22,24-25H,5,13,21,23H2,1-2H3. The smallest absolute Gasteiger partial charge is 0.235 e. The lowest BCUT2D eigenvalue weighted by Gasteiger charge is -2.21. The third-order valence-corrected chi connectivity index (χ3v) is 10.0. The maximum absolute atomic E-state index is 5.40. The highest BCUT2D eigenvalue weighted by Gasteiger charge is 2.36. The molecule has 212 valence electrons. The number of fused-ring (bicyclic) bond motifs is 7. The molecule has 0 unspecified atom stereocenters. The summed E-state index contributed by atoms with van der Waals surface area (Å²) in [4.78, 5) is 10.6. The Morgan fingerprint density at radius 1 is 0.614 bits per heavy atom. The number of aromatic nitrogens is 3. The molecule has 0 fully saturated rings. The normalized spacial score (nSPS) is 17.0. The van der Waals surface area contributed by atoms with Crippen LogP contribution in [0.5, 0.6) is 0 Å². The molecular formula is C41H33N3. The molecule has 3 aliphatic carbocycles. The van der Waals surface area contributed by atoms with E-state index in [1.54, 1.807) is 0 Å². The van der Waals surface area contributed by atoms with E-state index in [-0.39, 0.29) is 5.41 Å². The molecule has 0 bridgehead atoms. The Morgan fingerprint density at radius 3 is 2.20 bits per heavy atom.